The highest BCUT2D eigenvalue weighted by molar-refractivity contribution is 5.30. The van der Waals surface area contributed by atoms with Gasteiger partial charge in [0.1, 0.15) is 12.1 Å². The van der Waals surface area contributed by atoms with Crippen LogP contribution >= 0.6 is 0 Å². The smallest absolute Gasteiger partial charge is 0.164 e. The van der Waals surface area contributed by atoms with Crippen molar-refractivity contribution < 1.29 is 4.39 Å². The Hall–Kier alpha value is -1.75. The van der Waals surface area contributed by atoms with Gasteiger partial charge in [0.25, 0.3) is 0 Å². The maximum Gasteiger partial charge on any atom is 0.164 e. The summed E-state index contributed by atoms with van der Waals surface area (Å²) in [5, 5.41) is 4.09. The lowest BCUT2D eigenvalue weighted by Gasteiger charge is -1.98. The van der Waals surface area contributed by atoms with Gasteiger partial charge in [0, 0.05) is 0 Å². The van der Waals surface area contributed by atoms with E-state index in [0.29, 0.717) is 12.4 Å². The van der Waals surface area contributed by atoms with Crippen molar-refractivity contribution in [3.63, 3.8) is 0 Å². The lowest BCUT2D eigenvalue weighted by molar-refractivity contribution is 0.627. The summed E-state index contributed by atoms with van der Waals surface area (Å²) >= 11 is 0. The van der Waals surface area contributed by atoms with Crippen molar-refractivity contribution >= 4 is 0 Å². The summed E-state index contributed by atoms with van der Waals surface area (Å²) < 4.78 is 14.2. The van der Waals surface area contributed by atoms with Gasteiger partial charge in [-0.05, 0) is 24.3 Å². The molecule has 0 aliphatic heterocycles. The van der Waals surface area contributed by atoms with Crippen LogP contribution < -0.4 is 5.73 Å². The van der Waals surface area contributed by atoms with Crippen molar-refractivity contribution in [1.82, 2.24) is 14.8 Å². The molecule has 2 N–H and O–H groups in total. The Morgan fingerprint density at radius 1 is 1.29 bits per heavy atom. The average molecular weight is 192 g/mol. The largest absolute Gasteiger partial charge is 0.324 e. The highest BCUT2D eigenvalue weighted by atomic mass is 19.1. The van der Waals surface area contributed by atoms with E-state index < -0.39 is 0 Å². The first-order valence-electron chi connectivity index (χ1n) is 4.16. The molecular weight excluding hydrogens is 183 g/mol. The standard InChI is InChI=1S/C9H9FN4/c10-7-1-3-8(4-2-7)14-6-12-9(5-11)13-14/h1-4,6H,5,11H2. The number of nitrogens with two attached hydrogens (primary N) is 1. The minimum absolute atomic E-state index is 0.270. The van der Waals surface area contributed by atoms with Gasteiger partial charge in [-0.3, -0.25) is 0 Å². The quantitative estimate of drug-likeness (QED) is 0.767. The molecule has 1 aromatic carbocycles. The van der Waals surface area contributed by atoms with Crippen LogP contribution in [0.1, 0.15) is 5.82 Å². The predicted molar refractivity (Wildman–Crippen MR) is 49.2 cm³/mol. The minimum Gasteiger partial charge on any atom is -0.324 e. The second-order valence-electron chi connectivity index (χ2n) is 2.79. The Kier molecular flexibility index (Phi) is 2.24. The highest BCUT2D eigenvalue weighted by Gasteiger charge is 2.00. The summed E-state index contributed by atoms with van der Waals surface area (Å²) in [5.41, 5.74) is 6.13. The van der Waals surface area contributed by atoms with Crippen LogP contribution in [0.4, 0.5) is 4.39 Å². The normalized spacial score (nSPS) is 10.4. The van der Waals surface area contributed by atoms with Crippen LogP contribution in [-0.4, -0.2) is 14.8 Å². The maximum atomic E-state index is 12.6. The lowest BCUT2D eigenvalue weighted by Crippen LogP contribution is -2.00. The van der Waals surface area contributed by atoms with Crippen LogP contribution in [0.5, 0.6) is 0 Å². The van der Waals surface area contributed by atoms with Gasteiger partial charge in [0.2, 0.25) is 0 Å². The molecule has 0 radical (unpaired) electrons. The fraction of sp³-hybridized carbons (Fsp3) is 0.111. The summed E-state index contributed by atoms with van der Waals surface area (Å²) in [6.45, 7) is 0.300. The first kappa shape index (κ1) is 8.83. The van der Waals surface area contributed by atoms with Crippen LogP contribution in [0.25, 0.3) is 5.69 Å². The monoisotopic (exact) mass is 192 g/mol. The van der Waals surface area contributed by atoms with Gasteiger partial charge in [-0.15, -0.1) is 5.10 Å². The molecule has 0 amide bonds. The number of hydrogen-bond acceptors (Lipinski definition) is 3. The van der Waals surface area contributed by atoms with E-state index in [-0.39, 0.29) is 5.82 Å². The van der Waals surface area contributed by atoms with Crippen molar-refractivity contribution in [3.8, 4) is 5.69 Å². The maximum absolute atomic E-state index is 12.6. The van der Waals surface area contributed by atoms with Gasteiger partial charge in [0.05, 0.1) is 12.2 Å². The average Bonchev–Trinajstić information content (AvgIpc) is 2.67. The van der Waals surface area contributed by atoms with Crippen molar-refractivity contribution in [3.05, 3.63) is 42.2 Å². The molecule has 0 saturated heterocycles. The first-order valence-corrected chi connectivity index (χ1v) is 4.16. The summed E-state index contributed by atoms with van der Waals surface area (Å²) in [6, 6.07) is 6.01. The van der Waals surface area contributed by atoms with Crippen molar-refractivity contribution in [1.29, 1.82) is 0 Å². The number of aromatic nitrogens is 3. The summed E-state index contributed by atoms with van der Waals surface area (Å²) in [7, 11) is 0. The van der Waals surface area contributed by atoms with Crippen molar-refractivity contribution in [2.45, 2.75) is 6.54 Å². The van der Waals surface area contributed by atoms with Crippen LogP contribution in [0, 0.1) is 5.82 Å². The number of nitrogens with zero attached hydrogens (tertiary/aromatic N) is 3. The van der Waals surface area contributed by atoms with Gasteiger partial charge < -0.3 is 5.73 Å². The second-order valence-corrected chi connectivity index (χ2v) is 2.79. The van der Waals surface area contributed by atoms with E-state index in [2.05, 4.69) is 10.1 Å². The van der Waals surface area contributed by atoms with E-state index in [0.717, 1.165) is 5.69 Å². The Bertz CT molecular complexity index is 421. The topological polar surface area (TPSA) is 56.7 Å². The van der Waals surface area contributed by atoms with E-state index in [4.69, 9.17) is 5.73 Å². The zero-order valence-electron chi connectivity index (χ0n) is 7.39. The Labute approximate surface area is 80.2 Å². The highest BCUT2D eigenvalue weighted by Crippen LogP contribution is 2.06. The Balaban J connectivity index is 2.34. The molecule has 5 heteroatoms. The zero-order valence-corrected chi connectivity index (χ0v) is 7.39. The van der Waals surface area contributed by atoms with Crippen molar-refractivity contribution in [2.75, 3.05) is 0 Å². The van der Waals surface area contributed by atoms with Crippen LogP contribution in [0.3, 0.4) is 0 Å². The molecule has 4 nitrogen and oxygen atoms in total. The van der Waals surface area contributed by atoms with Crippen molar-refractivity contribution in [2.24, 2.45) is 5.73 Å². The van der Waals surface area contributed by atoms with E-state index in [9.17, 15) is 4.39 Å². The van der Waals surface area contributed by atoms with Gasteiger partial charge in [-0.25, -0.2) is 14.1 Å². The molecule has 2 rings (SSSR count). The molecule has 1 heterocycles. The molecule has 0 aliphatic carbocycles. The fourth-order valence-electron chi connectivity index (χ4n) is 1.11. The number of benzene rings is 1. The van der Waals surface area contributed by atoms with E-state index in [1.807, 2.05) is 0 Å². The van der Waals surface area contributed by atoms with Crippen LogP contribution in [-0.2, 0) is 6.54 Å². The molecule has 0 saturated carbocycles. The van der Waals surface area contributed by atoms with Crippen LogP contribution in [0.15, 0.2) is 30.6 Å². The van der Waals surface area contributed by atoms with E-state index in [1.54, 1.807) is 23.1 Å². The molecule has 0 unspecified atom stereocenters. The van der Waals surface area contributed by atoms with E-state index in [1.165, 1.54) is 12.1 Å². The molecule has 0 spiro atoms. The van der Waals surface area contributed by atoms with E-state index >= 15 is 0 Å². The fourth-order valence-corrected chi connectivity index (χ4v) is 1.11. The summed E-state index contributed by atoms with van der Waals surface area (Å²) in [5.74, 6) is 0.294. The zero-order chi connectivity index (χ0) is 9.97. The third-order valence-electron chi connectivity index (χ3n) is 1.81. The SMILES string of the molecule is NCc1ncn(-c2ccc(F)cc2)n1. The molecule has 14 heavy (non-hydrogen) atoms. The third-order valence-corrected chi connectivity index (χ3v) is 1.81. The number of hydrogen-bond donors (Lipinski definition) is 1. The molecule has 0 bridgehead atoms. The molecule has 0 atom stereocenters. The van der Waals surface area contributed by atoms with Gasteiger partial charge >= 0.3 is 0 Å². The first-order chi connectivity index (χ1) is 6.79. The predicted octanol–water partition coefficient (Wildman–Crippen LogP) is 0.865. The molecule has 2 aromatic rings. The summed E-state index contributed by atoms with van der Waals surface area (Å²) in [4.78, 5) is 3.97. The van der Waals surface area contributed by atoms with Gasteiger partial charge in [0.15, 0.2) is 5.82 Å². The lowest BCUT2D eigenvalue weighted by atomic mass is 10.3. The number of halogens is 1. The summed E-state index contributed by atoms with van der Waals surface area (Å²) in [6.07, 6.45) is 1.55. The molecule has 0 aliphatic rings. The second kappa shape index (κ2) is 3.55. The molecule has 72 valence electrons. The van der Waals surface area contributed by atoms with Crippen LogP contribution in [0.2, 0.25) is 0 Å². The number of rotatable bonds is 2. The minimum atomic E-state index is -0.270. The molecular formula is C9H9FN4. The molecule has 0 fully saturated rings. The van der Waals surface area contributed by atoms with Gasteiger partial charge in [-0.1, -0.05) is 0 Å². The Morgan fingerprint density at radius 3 is 2.57 bits per heavy atom. The van der Waals surface area contributed by atoms with Gasteiger partial charge in [-0.2, -0.15) is 0 Å². The molecule has 1 aromatic heterocycles. The Morgan fingerprint density at radius 2 is 2.00 bits per heavy atom. The third kappa shape index (κ3) is 1.62.